The molecular weight excluding hydrogens is 1020 g/mol. The third kappa shape index (κ3) is 19.1. The van der Waals surface area contributed by atoms with Gasteiger partial charge in [-0.05, 0) is 6.42 Å². The maximum Gasteiger partial charge on any atom is 0.481 e. The van der Waals surface area contributed by atoms with Crippen molar-refractivity contribution in [2.24, 2.45) is 11.1 Å². The summed E-state index contributed by atoms with van der Waals surface area (Å²) in [5.41, 5.74) is 9.53. The lowest BCUT2D eigenvalue weighted by atomic mass is 9.87. The molecule has 2 aromatic rings. The van der Waals surface area contributed by atoms with Gasteiger partial charge in [0, 0.05) is 42.9 Å². The zero-order valence-corrected chi connectivity index (χ0v) is 40.0. The highest BCUT2D eigenvalue weighted by molar-refractivity contribution is 8.76. The van der Waals surface area contributed by atoms with Crippen LogP contribution in [0, 0.1) is 5.41 Å². The molecule has 3 rings (SSSR count). The molecule has 1 aliphatic rings. The van der Waals surface area contributed by atoms with Gasteiger partial charge in [0.25, 0.3) is 0 Å². The number of phosphoric ester groups is 3. The van der Waals surface area contributed by atoms with Crippen molar-refractivity contribution in [2.45, 2.75) is 75.8 Å². The van der Waals surface area contributed by atoms with Crippen molar-refractivity contribution >= 4 is 97.6 Å². The standard InChI is InChI=1S/C31H51N10O22P3S2/c1-31(2,24(47)28(49)35-6-5-18(42)34-7-8-67-68-11-16(27(48)36-9-20(44)45)40-19(43)4-3-15(32)30(50)51)12-60-66(57,58)63-65(55,56)59-10-17-23(62-64(52,53)54)22(46)29(61-17)41-14-39-21-25(33)37-13-38-26(21)41/h13-17,22-24,29,46-47H,3-12,32H2,1-2H3,(H,34,42)(H,35,49)(H,36,48)(H,40,43)(H,44,45)(H,50,51)(H,55,56)(H,57,58)(H2,33,37,38)(H2,52,53,54)/t15-,16+,17+,22+,23+,24?,29+/m0/s1. The lowest BCUT2D eigenvalue weighted by Gasteiger charge is -2.30. The van der Waals surface area contributed by atoms with Crippen molar-refractivity contribution in [2.75, 3.05) is 50.1 Å². The van der Waals surface area contributed by atoms with E-state index in [1.165, 1.54) is 24.6 Å². The van der Waals surface area contributed by atoms with Crippen LogP contribution in [0.5, 0.6) is 0 Å². The number of anilines is 1. The molecule has 0 saturated carbocycles. The highest BCUT2D eigenvalue weighted by Crippen LogP contribution is 2.61. The molecule has 1 aliphatic heterocycles. The Bertz CT molecular complexity index is 2260. The van der Waals surface area contributed by atoms with Gasteiger partial charge in [-0.1, -0.05) is 35.4 Å². The summed E-state index contributed by atoms with van der Waals surface area (Å²) in [7, 11) is -14.3. The summed E-state index contributed by atoms with van der Waals surface area (Å²) < 4.78 is 62.2. The Kier molecular flexibility index (Phi) is 22.2. The summed E-state index contributed by atoms with van der Waals surface area (Å²) in [6, 6.07) is -2.49. The van der Waals surface area contributed by atoms with Crippen molar-refractivity contribution in [1.82, 2.24) is 40.8 Å². The Hall–Kier alpha value is -3.92. The molecule has 0 aromatic carbocycles. The number of nitrogen functional groups attached to an aromatic ring is 1. The molecular formula is C31H51N10O22P3S2. The number of hydrogen-bond donors (Lipinski definition) is 14. The topological polar surface area (TPSA) is 505 Å². The number of aliphatic hydroxyl groups is 2. The first kappa shape index (κ1) is 58.4. The number of phosphoric acid groups is 3. The molecule has 384 valence electrons. The van der Waals surface area contributed by atoms with Crippen molar-refractivity contribution in [3.63, 3.8) is 0 Å². The molecule has 3 heterocycles. The number of fused-ring (bicyclic) bond motifs is 1. The molecule has 4 amide bonds. The van der Waals surface area contributed by atoms with Gasteiger partial charge >= 0.3 is 35.4 Å². The number of rotatable bonds is 30. The number of nitrogens with zero attached hydrogens (tertiary/aromatic N) is 4. The molecule has 0 radical (unpaired) electrons. The van der Waals surface area contributed by atoms with E-state index in [9.17, 15) is 72.2 Å². The fourth-order valence-electron chi connectivity index (χ4n) is 5.49. The van der Waals surface area contributed by atoms with E-state index in [-0.39, 0.29) is 60.8 Å². The van der Waals surface area contributed by atoms with Gasteiger partial charge < -0.3 is 77.5 Å². The number of amides is 4. The van der Waals surface area contributed by atoms with Crippen molar-refractivity contribution in [3.8, 4) is 0 Å². The minimum absolute atomic E-state index is 0.00488. The summed E-state index contributed by atoms with van der Waals surface area (Å²) in [4.78, 5) is 122. The molecule has 3 unspecified atom stereocenters. The molecule has 9 atom stereocenters. The maximum atomic E-state index is 12.7. The van der Waals surface area contributed by atoms with Crippen LogP contribution in [0.3, 0.4) is 0 Å². The number of carbonyl (C=O) groups is 6. The predicted molar refractivity (Wildman–Crippen MR) is 232 cm³/mol. The summed E-state index contributed by atoms with van der Waals surface area (Å²) in [5, 5.41) is 48.7. The van der Waals surface area contributed by atoms with E-state index in [0.717, 1.165) is 28.0 Å². The number of aromatic nitrogens is 4. The number of nitrogens with two attached hydrogens (primary N) is 2. The minimum Gasteiger partial charge on any atom is -0.480 e. The number of carboxylic acid groups (broad SMARTS) is 2. The monoisotopic (exact) mass is 1070 g/mol. The Balaban J connectivity index is 1.42. The highest BCUT2D eigenvalue weighted by atomic mass is 33.1. The van der Waals surface area contributed by atoms with E-state index in [1.807, 2.05) is 0 Å². The summed E-state index contributed by atoms with van der Waals surface area (Å²) >= 11 is 0. The molecule has 16 N–H and O–H groups in total. The normalized spacial score (nSPS) is 20.6. The van der Waals surface area contributed by atoms with Crippen molar-refractivity contribution in [1.29, 1.82) is 0 Å². The fraction of sp³-hybridized carbons (Fsp3) is 0.645. The molecule has 2 aromatic heterocycles. The Morgan fingerprint density at radius 3 is 2.25 bits per heavy atom. The number of imidazole rings is 1. The van der Waals surface area contributed by atoms with Gasteiger partial charge in [-0.15, -0.1) is 0 Å². The Morgan fingerprint density at radius 1 is 0.926 bits per heavy atom. The van der Waals surface area contributed by atoms with Gasteiger partial charge in [0.05, 0.1) is 19.5 Å². The molecule has 1 fully saturated rings. The van der Waals surface area contributed by atoms with Gasteiger partial charge in [-0.2, -0.15) is 4.31 Å². The third-order valence-electron chi connectivity index (χ3n) is 8.97. The first-order valence-electron chi connectivity index (χ1n) is 19.4. The SMILES string of the molecule is CC(C)(COP(=O)(O)OP(=O)(O)OC[C@H]1O[C@@H](n2cnc3c(N)ncnc32)[C@H](O)[C@@H]1OP(=O)(O)O)C(O)C(=O)NCCC(=O)NCCSSC[C@@H](NC(=O)CC[C@H](N)C(=O)O)C(=O)NCC(=O)O. The number of aliphatic carboxylic acids is 2. The van der Waals surface area contributed by atoms with Crippen LogP contribution in [0.15, 0.2) is 12.7 Å². The number of nitrogens with one attached hydrogen (secondary N) is 4. The second-order valence-electron chi connectivity index (χ2n) is 14.9. The largest absolute Gasteiger partial charge is 0.481 e. The average Bonchev–Trinajstić information content (AvgIpc) is 3.80. The van der Waals surface area contributed by atoms with E-state index in [0.29, 0.717) is 0 Å². The highest BCUT2D eigenvalue weighted by Gasteiger charge is 2.50. The molecule has 68 heavy (non-hydrogen) atoms. The molecule has 0 bridgehead atoms. The van der Waals surface area contributed by atoms with Crippen LogP contribution in [0.1, 0.15) is 39.3 Å². The van der Waals surface area contributed by atoms with Crippen LogP contribution >= 0.6 is 45.1 Å². The first-order chi connectivity index (χ1) is 31.5. The van der Waals surface area contributed by atoms with Gasteiger partial charge in [0.15, 0.2) is 17.7 Å². The second-order valence-corrected chi connectivity index (χ2v) is 21.8. The van der Waals surface area contributed by atoms with E-state index in [1.54, 1.807) is 0 Å². The van der Waals surface area contributed by atoms with Crippen LogP contribution in [0.25, 0.3) is 11.2 Å². The zero-order valence-electron chi connectivity index (χ0n) is 35.7. The van der Waals surface area contributed by atoms with Crippen LogP contribution < -0.4 is 32.7 Å². The number of aliphatic hydroxyl groups excluding tert-OH is 2. The zero-order chi connectivity index (χ0) is 51.2. The van der Waals surface area contributed by atoms with E-state index in [2.05, 4.69) is 45.1 Å². The third-order valence-corrected chi connectivity index (χ3v) is 14.5. The van der Waals surface area contributed by atoms with Gasteiger partial charge in [0.1, 0.15) is 54.9 Å². The Morgan fingerprint density at radius 2 is 1.60 bits per heavy atom. The summed E-state index contributed by atoms with van der Waals surface area (Å²) in [6.45, 7) is -0.617. The molecule has 32 nitrogen and oxygen atoms in total. The van der Waals surface area contributed by atoms with Crippen molar-refractivity contribution in [3.05, 3.63) is 12.7 Å². The second kappa shape index (κ2) is 25.8. The quantitative estimate of drug-likeness (QED) is 0.0207. The lowest BCUT2D eigenvalue weighted by Crippen LogP contribution is -2.49. The number of carboxylic acids is 2. The smallest absolute Gasteiger partial charge is 0.480 e. The van der Waals surface area contributed by atoms with Crippen LogP contribution in [-0.2, 0) is 65.1 Å². The minimum atomic E-state index is -5.63. The van der Waals surface area contributed by atoms with Gasteiger partial charge in [-0.3, -0.25) is 46.9 Å². The van der Waals surface area contributed by atoms with Crippen LogP contribution in [-0.4, -0.2) is 176 Å². The van der Waals surface area contributed by atoms with Crippen LogP contribution in [0.4, 0.5) is 5.82 Å². The van der Waals surface area contributed by atoms with E-state index < -0.39 is 127 Å². The fourth-order valence-corrected chi connectivity index (χ4v) is 10.4. The lowest BCUT2D eigenvalue weighted by molar-refractivity contribution is -0.139. The maximum absolute atomic E-state index is 12.7. The summed E-state index contributed by atoms with van der Waals surface area (Å²) in [6.07, 6.45) is -7.80. The predicted octanol–water partition coefficient (Wildman–Crippen LogP) is -3.34. The number of ether oxygens (including phenoxy) is 1. The van der Waals surface area contributed by atoms with E-state index >= 15 is 0 Å². The number of hydrogen-bond acceptors (Lipinski definition) is 23. The Labute approximate surface area is 392 Å². The molecule has 0 aliphatic carbocycles. The molecule has 37 heteroatoms. The van der Waals surface area contributed by atoms with Gasteiger partial charge in [-0.25, -0.2) is 28.6 Å². The van der Waals surface area contributed by atoms with Gasteiger partial charge in [0.2, 0.25) is 23.6 Å². The molecule has 1 saturated heterocycles. The van der Waals surface area contributed by atoms with Crippen molar-refractivity contribution < 1.29 is 105 Å². The summed E-state index contributed by atoms with van der Waals surface area (Å²) in [5.74, 6) is -5.55. The average molecular weight is 1070 g/mol. The first-order valence-corrected chi connectivity index (χ1v) is 26.4. The molecule has 0 spiro atoms. The van der Waals surface area contributed by atoms with E-state index in [4.69, 9.17) is 35.5 Å². The number of carbonyl (C=O) groups excluding carboxylic acids is 4. The van der Waals surface area contributed by atoms with Crippen LogP contribution in [0.2, 0.25) is 0 Å².